The van der Waals surface area contributed by atoms with Crippen molar-refractivity contribution in [1.82, 2.24) is 9.55 Å². The summed E-state index contributed by atoms with van der Waals surface area (Å²) in [6.07, 6.45) is 0.826. The van der Waals surface area contributed by atoms with Gasteiger partial charge in [0, 0.05) is 18.8 Å². The van der Waals surface area contributed by atoms with Gasteiger partial charge >= 0.3 is 0 Å². The van der Waals surface area contributed by atoms with Crippen molar-refractivity contribution >= 4 is 17.6 Å². The Morgan fingerprint density at radius 1 is 1.54 bits per heavy atom. The molecule has 0 atom stereocenters. The summed E-state index contributed by atoms with van der Waals surface area (Å²) < 4.78 is 2.12. The number of nitrogens with one attached hydrogen (secondary N) is 1. The van der Waals surface area contributed by atoms with E-state index in [2.05, 4.69) is 14.9 Å². The van der Waals surface area contributed by atoms with Crippen molar-refractivity contribution in [2.45, 2.75) is 18.1 Å². The van der Waals surface area contributed by atoms with Gasteiger partial charge in [0.1, 0.15) is 5.82 Å². The van der Waals surface area contributed by atoms with E-state index in [4.69, 9.17) is 0 Å². The van der Waals surface area contributed by atoms with Gasteiger partial charge < -0.3 is 9.88 Å². The van der Waals surface area contributed by atoms with E-state index >= 15 is 0 Å². The third kappa shape index (κ3) is 0.934. The van der Waals surface area contributed by atoms with Crippen LogP contribution in [-0.2, 0) is 13.0 Å². The summed E-state index contributed by atoms with van der Waals surface area (Å²) in [7, 11) is 0. The highest BCUT2D eigenvalue weighted by atomic mass is 32.2. The molecule has 0 fully saturated rings. The van der Waals surface area contributed by atoms with E-state index in [0.717, 1.165) is 41.8 Å². The Labute approximate surface area is 79.4 Å². The first-order valence-corrected chi connectivity index (χ1v) is 5.35. The Morgan fingerprint density at radius 3 is 3.38 bits per heavy atom. The molecule has 3 rings (SSSR count). The Bertz CT molecular complexity index is 426. The van der Waals surface area contributed by atoms with Crippen molar-refractivity contribution in [2.24, 2.45) is 0 Å². The number of anilines is 1. The SMILES string of the molecule is O=c1nc2n(c3c1CCN3)CCS2. The van der Waals surface area contributed by atoms with E-state index < -0.39 is 0 Å². The highest BCUT2D eigenvalue weighted by Crippen LogP contribution is 2.29. The lowest BCUT2D eigenvalue weighted by Crippen LogP contribution is -2.16. The maximum atomic E-state index is 11.5. The van der Waals surface area contributed by atoms with Gasteiger partial charge in [0.25, 0.3) is 5.56 Å². The molecule has 13 heavy (non-hydrogen) atoms. The second-order valence-electron chi connectivity index (χ2n) is 3.20. The summed E-state index contributed by atoms with van der Waals surface area (Å²) >= 11 is 1.66. The van der Waals surface area contributed by atoms with Gasteiger partial charge in [-0.05, 0) is 6.42 Å². The largest absolute Gasteiger partial charge is 0.371 e. The molecule has 1 aromatic rings. The number of rotatable bonds is 0. The van der Waals surface area contributed by atoms with Crippen molar-refractivity contribution in [1.29, 1.82) is 0 Å². The summed E-state index contributed by atoms with van der Waals surface area (Å²) in [4.78, 5) is 15.5. The first-order chi connectivity index (χ1) is 6.36. The number of hydrogen-bond donors (Lipinski definition) is 1. The normalized spacial score (nSPS) is 18.2. The van der Waals surface area contributed by atoms with Crippen molar-refractivity contribution in [3.63, 3.8) is 0 Å². The predicted molar refractivity (Wildman–Crippen MR) is 51.4 cm³/mol. The maximum Gasteiger partial charge on any atom is 0.279 e. The number of fused-ring (bicyclic) bond motifs is 3. The first kappa shape index (κ1) is 7.44. The van der Waals surface area contributed by atoms with Crippen LogP contribution in [0.1, 0.15) is 5.56 Å². The molecule has 1 N–H and O–H groups in total. The molecule has 0 saturated heterocycles. The minimum atomic E-state index is -0.0411. The lowest BCUT2D eigenvalue weighted by Gasteiger charge is -2.08. The summed E-state index contributed by atoms with van der Waals surface area (Å²) in [5.74, 6) is 2.05. The molecule has 2 aliphatic rings. The Morgan fingerprint density at radius 2 is 2.46 bits per heavy atom. The highest BCUT2D eigenvalue weighted by molar-refractivity contribution is 7.99. The van der Waals surface area contributed by atoms with Gasteiger partial charge in [-0.2, -0.15) is 4.98 Å². The highest BCUT2D eigenvalue weighted by Gasteiger charge is 2.23. The predicted octanol–water partition coefficient (Wildman–Crippen LogP) is 0.317. The van der Waals surface area contributed by atoms with E-state index in [-0.39, 0.29) is 5.56 Å². The molecule has 68 valence electrons. The number of hydrogen-bond acceptors (Lipinski definition) is 4. The fourth-order valence-corrected chi connectivity index (χ4v) is 2.80. The van der Waals surface area contributed by atoms with Crippen molar-refractivity contribution in [3.8, 4) is 0 Å². The van der Waals surface area contributed by atoms with Gasteiger partial charge in [-0.15, -0.1) is 0 Å². The van der Waals surface area contributed by atoms with E-state index in [9.17, 15) is 4.79 Å². The zero-order valence-electron chi connectivity index (χ0n) is 7.04. The molecule has 3 heterocycles. The second kappa shape index (κ2) is 2.51. The molecule has 0 bridgehead atoms. The van der Waals surface area contributed by atoms with Crippen molar-refractivity contribution in [2.75, 3.05) is 17.6 Å². The zero-order valence-corrected chi connectivity index (χ0v) is 7.86. The molecule has 0 unspecified atom stereocenters. The number of nitrogens with zero attached hydrogens (tertiary/aromatic N) is 2. The van der Waals surface area contributed by atoms with Crippen LogP contribution in [0.15, 0.2) is 9.95 Å². The topological polar surface area (TPSA) is 46.9 Å². The van der Waals surface area contributed by atoms with E-state index in [1.807, 2.05) is 0 Å². The molecular weight excluding hydrogens is 186 g/mol. The molecule has 0 aliphatic carbocycles. The van der Waals surface area contributed by atoms with Crippen LogP contribution in [0.25, 0.3) is 0 Å². The monoisotopic (exact) mass is 195 g/mol. The van der Waals surface area contributed by atoms with Crippen LogP contribution in [0, 0.1) is 0 Å². The quantitative estimate of drug-likeness (QED) is 0.605. The maximum absolute atomic E-state index is 11.5. The van der Waals surface area contributed by atoms with Gasteiger partial charge in [-0.25, -0.2) is 0 Å². The Hall–Kier alpha value is -0.970. The molecule has 5 heteroatoms. The molecule has 1 aromatic heterocycles. The molecule has 2 aliphatic heterocycles. The van der Waals surface area contributed by atoms with E-state index in [1.54, 1.807) is 11.8 Å². The number of thioether (sulfide) groups is 1. The minimum Gasteiger partial charge on any atom is -0.371 e. The molecular formula is C8H9N3OS. The van der Waals surface area contributed by atoms with Crippen LogP contribution < -0.4 is 10.9 Å². The summed E-state index contributed by atoms with van der Waals surface area (Å²) in [6.45, 7) is 1.85. The van der Waals surface area contributed by atoms with Crippen LogP contribution in [0.4, 0.5) is 5.82 Å². The standard InChI is InChI=1S/C8H9N3OS/c12-7-5-1-2-9-6(5)11-3-4-13-8(11)10-7/h9H,1-4H2. The summed E-state index contributed by atoms with van der Waals surface area (Å²) in [5, 5.41) is 4.12. The molecule has 0 radical (unpaired) electrons. The molecule has 0 aromatic carbocycles. The fourth-order valence-electron chi connectivity index (χ4n) is 1.85. The van der Waals surface area contributed by atoms with Crippen LogP contribution in [0.3, 0.4) is 0 Å². The van der Waals surface area contributed by atoms with Gasteiger partial charge in [0.15, 0.2) is 5.16 Å². The second-order valence-corrected chi connectivity index (χ2v) is 4.27. The fraction of sp³-hybridized carbons (Fsp3) is 0.500. The lowest BCUT2D eigenvalue weighted by atomic mass is 10.3. The summed E-state index contributed by atoms with van der Waals surface area (Å²) in [5.41, 5.74) is 0.826. The molecule has 0 saturated carbocycles. The molecule has 0 amide bonds. The smallest absolute Gasteiger partial charge is 0.279 e. The zero-order chi connectivity index (χ0) is 8.84. The Kier molecular flexibility index (Phi) is 1.44. The van der Waals surface area contributed by atoms with Crippen LogP contribution in [-0.4, -0.2) is 21.8 Å². The van der Waals surface area contributed by atoms with Crippen molar-refractivity contribution in [3.05, 3.63) is 15.9 Å². The van der Waals surface area contributed by atoms with Gasteiger partial charge in [0.05, 0.1) is 5.56 Å². The van der Waals surface area contributed by atoms with E-state index in [1.165, 1.54) is 0 Å². The van der Waals surface area contributed by atoms with Crippen LogP contribution >= 0.6 is 11.8 Å². The third-order valence-corrected chi connectivity index (χ3v) is 3.41. The molecule has 4 nitrogen and oxygen atoms in total. The summed E-state index contributed by atoms with van der Waals surface area (Å²) in [6, 6.07) is 0. The van der Waals surface area contributed by atoms with Gasteiger partial charge in [-0.3, -0.25) is 4.79 Å². The average molecular weight is 195 g/mol. The first-order valence-electron chi connectivity index (χ1n) is 4.36. The van der Waals surface area contributed by atoms with Crippen molar-refractivity contribution < 1.29 is 0 Å². The third-order valence-electron chi connectivity index (χ3n) is 2.46. The Balaban J connectivity index is 2.34. The minimum absolute atomic E-state index is 0.0411. The average Bonchev–Trinajstić information content (AvgIpc) is 2.66. The lowest BCUT2D eigenvalue weighted by molar-refractivity contribution is 0.682. The van der Waals surface area contributed by atoms with E-state index in [0.29, 0.717) is 0 Å². The van der Waals surface area contributed by atoms with Crippen LogP contribution in [0.5, 0.6) is 0 Å². The van der Waals surface area contributed by atoms with Gasteiger partial charge in [0.2, 0.25) is 0 Å². The van der Waals surface area contributed by atoms with Gasteiger partial charge in [-0.1, -0.05) is 11.8 Å². The molecule has 0 spiro atoms. The van der Waals surface area contributed by atoms with Crippen LogP contribution in [0.2, 0.25) is 0 Å². The number of aromatic nitrogens is 2.